The molecule has 2 rings (SSSR count). The van der Waals surface area contributed by atoms with Gasteiger partial charge in [-0.2, -0.15) is 0 Å². The van der Waals surface area contributed by atoms with E-state index in [-0.39, 0.29) is 0 Å². The summed E-state index contributed by atoms with van der Waals surface area (Å²) in [7, 11) is 0. The van der Waals surface area contributed by atoms with E-state index in [4.69, 9.17) is 0 Å². The van der Waals surface area contributed by atoms with Gasteiger partial charge in [-0.15, -0.1) is 0 Å². The zero-order chi connectivity index (χ0) is 12.4. The fraction of sp³-hybridized carbons (Fsp3) is 0.571. The molecule has 0 bridgehead atoms. The van der Waals surface area contributed by atoms with Crippen LogP contribution in [0.2, 0.25) is 0 Å². The smallest absolute Gasteiger partial charge is 0.0442 e. The average Bonchev–Trinajstić information content (AvgIpc) is 2.39. The second kappa shape index (κ2) is 5.40. The third-order valence-corrected chi connectivity index (χ3v) is 3.75. The van der Waals surface area contributed by atoms with E-state index in [1.54, 1.807) is 0 Å². The van der Waals surface area contributed by atoms with E-state index in [9.17, 15) is 0 Å². The highest BCUT2D eigenvalue weighted by molar-refractivity contribution is 9.10. The van der Waals surface area contributed by atoms with Gasteiger partial charge in [-0.25, -0.2) is 0 Å². The highest BCUT2D eigenvalue weighted by Gasteiger charge is 2.20. The summed E-state index contributed by atoms with van der Waals surface area (Å²) in [5.74, 6) is 0. The molecule has 1 aliphatic rings. The molecule has 1 atom stereocenters. The van der Waals surface area contributed by atoms with Crippen LogP contribution in [0.1, 0.15) is 31.4 Å². The van der Waals surface area contributed by atoms with Gasteiger partial charge in [0.15, 0.2) is 0 Å². The number of benzene rings is 1. The third-order valence-electron chi connectivity index (χ3n) is 3.29. The summed E-state index contributed by atoms with van der Waals surface area (Å²) in [5, 5.41) is 3.58. The Kier molecular flexibility index (Phi) is 4.10. The first-order valence-electron chi connectivity index (χ1n) is 6.39. The SMILES string of the molecule is CCCN1CC(C)NCc2cc(Br)cc(C)c21. The number of hydrogen-bond donors (Lipinski definition) is 1. The fourth-order valence-electron chi connectivity index (χ4n) is 2.64. The number of fused-ring (bicyclic) bond motifs is 1. The zero-order valence-electron chi connectivity index (χ0n) is 10.9. The second-order valence-corrected chi connectivity index (χ2v) is 5.87. The van der Waals surface area contributed by atoms with Gasteiger partial charge in [0.1, 0.15) is 0 Å². The van der Waals surface area contributed by atoms with Gasteiger partial charge in [-0.3, -0.25) is 0 Å². The number of anilines is 1. The van der Waals surface area contributed by atoms with Crippen LogP contribution in [0.5, 0.6) is 0 Å². The molecule has 0 radical (unpaired) electrons. The summed E-state index contributed by atoms with van der Waals surface area (Å²) in [6, 6.07) is 5.01. The second-order valence-electron chi connectivity index (χ2n) is 4.96. The summed E-state index contributed by atoms with van der Waals surface area (Å²) in [6.07, 6.45) is 1.20. The van der Waals surface area contributed by atoms with Crippen molar-refractivity contribution in [2.45, 2.75) is 39.8 Å². The number of nitrogens with one attached hydrogen (secondary N) is 1. The lowest BCUT2D eigenvalue weighted by Crippen LogP contribution is -2.36. The van der Waals surface area contributed by atoms with Crippen molar-refractivity contribution in [3.05, 3.63) is 27.7 Å². The van der Waals surface area contributed by atoms with Crippen molar-refractivity contribution in [3.8, 4) is 0 Å². The average molecular weight is 297 g/mol. The molecule has 1 heterocycles. The summed E-state index contributed by atoms with van der Waals surface area (Å²) in [5.41, 5.74) is 4.22. The molecule has 1 unspecified atom stereocenters. The molecule has 17 heavy (non-hydrogen) atoms. The number of halogens is 1. The molecule has 2 nitrogen and oxygen atoms in total. The molecule has 1 aliphatic heterocycles. The van der Waals surface area contributed by atoms with Crippen LogP contribution in [0.15, 0.2) is 16.6 Å². The molecule has 0 fully saturated rings. The predicted molar refractivity (Wildman–Crippen MR) is 77.7 cm³/mol. The number of aryl methyl sites for hydroxylation is 1. The van der Waals surface area contributed by atoms with E-state index in [2.05, 4.69) is 59.1 Å². The Morgan fingerprint density at radius 2 is 2.24 bits per heavy atom. The van der Waals surface area contributed by atoms with Gasteiger partial charge < -0.3 is 10.2 Å². The van der Waals surface area contributed by atoms with Crippen LogP contribution in [0.25, 0.3) is 0 Å². The van der Waals surface area contributed by atoms with Gasteiger partial charge >= 0.3 is 0 Å². The maximum Gasteiger partial charge on any atom is 0.0442 e. The molecule has 1 aromatic carbocycles. The summed E-state index contributed by atoms with van der Waals surface area (Å²) in [4.78, 5) is 2.53. The van der Waals surface area contributed by atoms with Gasteiger partial charge in [0.2, 0.25) is 0 Å². The molecule has 94 valence electrons. The Labute approximate surface area is 113 Å². The molecule has 3 heteroatoms. The Morgan fingerprint density at radius 3 is 2.94 bits per heavy atom. The van der Waals surface area contributed by atoms with Gasteiger partial charge in [0, 0.05) is 35.8 Å². The first-order valence-corrected chi connectivity index (χ1v) is 7.18. The highest BCUT2D eigenvalue weighted by atomic mass is 79.9. The minimum atomic E-state index is 0.548. The zero-order valence-corrected chi connectivity index (χ0v) is 12.5. The van der Waals surface area contributed by atoms with Crippen molar-refractivity contribution in [1.29, 1.82) is 0 Å². The van der Waals surface area contributed by atoms with Gasteiger partial charge in [-0.1, -0.05) is 22.9 Å². The predicted octanol–water partition coefficient (Wildman–Crippen LogP) is 3.47. The van der Waals surface area contributed by atoms with Crippen LogP contribution in [-0.4, -0.2) is 19.1 Å². The van der Waals surface area contributed by atoms with E-state index < -0.39 is 0 Å². The molecule has 1 N–H and O–H groups in total. The lowest BCUT2D eigenvalue weighted by atomic mass is 10.1. The fourth-order valence-corrected chi connectivity index (χ4v) is 3.26. The quantitative estimate of drug-likeness (QED) is 0.899. The van der Waals surface area contributed by atoms with Crippen LogP contribution in [-0.2, 0) is 6.54 Å². The summed E-state index contributed by atoms with van der Waals surface area (Å²) >= 11 is 3.59. The topological polar surface area (TPSA) is 15.3 Å². The van der Waals surface area contributed by atoms with E-state index in [0.717, 1.165) is 19.6 Å². The van der Waals surface area contributed by atoms with Crippen molar-refractivity contribution >= 4 is 21.6 Å². The van der Waals surface area contributed by atoms with Crippen LogP contribution < -0.4 is 10.2 Å². The first-order chi connectivity index (χ1) is 8.11. The maximum absolute atomic E-state index is 3.59. The number of hydrogen-bond acceptors (Lipinski definition) is 2. The van der Waals surface area contributed by atoms with Crippen molar-refractivity contribution in [2.24, 2.45) is 0 Å². The van der Waals surface area contributed by atoms with E-state index in [1.807, 2.05) is 0 Å². The normalized spacial score (nSPS) is 20.0. The molecule has 0 spiro atoms. The van der Waals surface area contributed by atoms with E-state index >= 15 is 0 Å². The van der Waals surface area contributed by atoms with Crippen molar-refractivity contribution < 1.29 is 0 Å². The molecule has 0 aromatic heterocycles. The monoisotopic (exact) mass is 296 g/mol. The van der Waals surface area contributed by atoms with Gasteiger partial charge in [-0.05, 0) is 43.5 Å². The minimum absolute atomic E-state index is 0.548. The first kappa shape index (κ1) is 12.9. The lowest BCUT2D eigenvalue weighted by Gasteiger charge is -2.27. The maximum atomic E-state index is 3.59. The lowest BCUT2D eigenvalue weighted by molar-refractivity contribution is 0.552. The highest BCUT2D eigenvalue weighted by Crippen LogP contribution is 2.31. The number of nitrogens with zero attached hydrogens (tertiary/aromatic N) is 1. The molecular weight excluding hydrogens is 276 g/mol. The number of rotatable bonds is 2. The Morgan fingerprint density at radius 1 is 1.47 bits per heavy atom. The van der Waals surface area contributed by atoms with Crippen molar-refractivity contribution in [1.82, 2.24) is 5.32 Å². The van der Waals surface area contributed by atoms with Crippen LogP contribution in [0, 0.1) is 6.92 Å². The third kappa shape index (κ3) is 2.83. The van der Waals surface area contributed by atoms with Crippen LogP contribution in [0.4, 0.5) is 5.69 Å². The van der Waals surface area contributed by atoms with E-state index in [1.165, 1.54) is 27.7 Å². The minimum Gasteiger partial charge on any atom is -0.370 e. The van der Waals surface area contributed by atoms with Crippen molar-refractivity contribution in [2.75, 3.05) is 18.0 Å². The molecule has 0 saturated heterocycles. The Bertz CT molecular complexity index is 403. The molecule has 0 aliphatic carbocycles. The molecule has 0 saturated carbocycles. The van der Waals surface area contributed by atoms with Crippen LogP contribution >= 0.6 is 15.9 Å². The van der Waals surface area contributed by atoms with Gasteiger partial charge in [0.25, 0.3) is 0 Å². The molecular formula is C14H21BrN2. The van der Waals surface area contributed by atoms with Crippen LogP contribution in [0.3, 0.4) is 0 Å². The Balaban J connectivity index is 2.44. The summed E-state index contributed by atoms with van der Waals surface area (Å²) < 4.78 is 1.18. The molecule has 1 aromatic rings. The van der Waals surface area contributed by atoms with Crippen molar-refractivity contribution in [3.63, 3.8) is 0 Å². The molecule has 0 amide bonds. The van der Waals surface area contributed by atoms with E-state index in [0.29, 0.717) is 6.04 Å². The summed E-state index contributed by atoms with van der Waals surface area (Å²) in [6.45, 7) is 9.93. The Hall–Kier alpha value is -0.540. The van der Waals surface area contributed by atoms with Gasteiger partial charge in [0.05, 0.1) is 0 Å². The standard InChI is InChI=1S/C14H21BrN2/c1-4-5-17-9-11(3)16-8-12-7-13(15)6-10(2)14(12)17/h6-7,11,16H,4-5,8-9H2,1-3H3. The largest absolute Gasteiger partial charge is 0.370 e.